The van der Waals surface area contributed by atoms with Crippen molar-refractivity contribution in [1.82, 2.24) is 0 Å². The molecule has 0 aromatic carbocycles. The number of hydrogen-bond donors (Lipinski definition) is 2. The highest BCUT2D eigenvalue weighted by Crippen LogP contribution is 2.40. The van der Waals surface area contributed by atoms with Crippen molar-refractivity contribution < 1.29 is 14.7 Å². The van der Waals surface area contributed by atoms with Crippen molar-refractivity contribution in [3.8, 4) is 0 Å². The fraction of sp³-hybridized carbons (Fsp3) is 0.231. The number of nitrogens with one attached hydrogen (secondary N) is 1. The van der Waals surface area contributed by atoms with Crippen LogP contribution in [0.4, 0.5) is 5.00 Å². The molecule has 1 aliphatic carbocycles. The Morgan fingerprint density at radius 1 is 1.24 bits per heavy atom. The molecule has 1 amide bonds. The van der Waals surface area contributed by atoms with E-state index in [1.807, 2.05) is 0 Å². The number of rotatable bonds is 3. The van der Waals surface area contributed by atoms with Crippen LogP contribution in [0.1, 0.15) is 37.6 Å². The van der Waals surface area contributed by atoms with Crippen LogP contribution in [0.5, 0.6) is 0 Å². The van der Waals surface area contributed by atoms with Gasteiger partial charge in [-0.05, 0) is 30.9 Å². The van der Waals surface area contributed by atoms with Gasteiger partial charge >= 0.3 is 5.97 Å². The van der Waals surface area contributed by atoms with Crippen molar-refractivity contribution in [2.24, 2.45) is 0 Å². The zero-order valence-electron chi connectivity index (χ0n) is 10.5. The van der Waals surface area contributed by atoms with Gasteiger partial charge in [-0.2, -0.15) is 0 Å². The summed E-state index contributed by atoms with van der Waals surface area (Å²) in [6.45, 7) is 0. The molecule has 0 saturated heterocycles. The standard InChI is InChI=1S/C13H9Cl2NO3S2/c14-8-4-6(10(15)21-8)11(17)16-12-9(13(18)19)5-2-1-3-7(5)20-12/h4H,1-3H2,(H,16,17)(H,18,19). The Kier molecular flexibility index (Phi) is 3.96. The van der Waals surface area contributed by atoms with Gasteiger partial charge in [-0.25, -0.2) is 4.79 Å². The van der Waals surface area contributed by atoms with Crippen LogP contribution in [0, 0.1) is 0 Å². The number of halogens is 2. The number of anilines is 1. The average Bonchev–Trinajstić information content (AvgIpc) is 3.02. The molecule has 4 nitrogen and oxygen atoms in total. The number of fused-ring (bicyclic) bond motifs is 1. The van der Waals surface area contributed by atoms with Crippen molar-refractivity contribution in [3.05, 3.63) is 36.3 Å². The molecular weight excluding hydrogens is 353 g/mol. The Morgan fingerprint density at radius 2 is 2.00 bits per heavy atom. The minimum atomic E-state index is -1.01. The number of aromatic carboxylic acids is 1. The van der Waals surface area contributed by atoms with Crippen LogP contribution >= 0.6 is 45.9 Å². The summed E-state index contributed by atoms with van der Waals surface area (Å²) in [6, 6.07) is 1.48. The molecule has 2 aromatic heterocycles. The second kappa shape index (κ2) is 5.61. The molecular formula is C13H9Cl2NO3S2. The maximum atomic E-state index is 12.2. The van der Waals surface area contributed by atoms with E-state index in [9.17, 15) is 14.7 Å². The molecule has 0 atom stereocenters. The van der Waals surface area contributed by atoms with Gasteiger partial charge in [-0.1, -0.05) is 23.2 Å². The molecule has 0 bridgehead atoms. The molecule has 0 spiro atoms. The molecule has 8 heteroatoms. The van der Waals surface area contributed by atoms with Gasteiger partial charge in [0, 0.05) is 4.88 Å². The first-order chi connectivity index (χ1) is 9.97. The zero-order valence-corrected chi connectivity index (χ0v) is 13.7. The normalized spacial score (nSPS) is 13.2. The lowest BCUT2D eigenvalue weighted by atomic mass is 10.1. The summed E-state index contributed by atoms with van der Waals surface area (Å²) in [5, 5.41) is 12.4. The molecule has 0 aliphatic heterocycles. The SMILES string of the molecule is O=C(Nc1sc2c(c1C(=O)O)CCC2)c1cc(Cl)sc1Cl. The van der Waals surface area contributed by atoms with Crippen molar-refractivity contribution in [2.45, 2.75) is 19.3 Å². The minimum Gasteiger partial charge on any atom is -0.478 e. The molecule has 1 aliphatic rings. The Labute approximate surface area is 138 Å². The van der Waals surface area contributed by atoms with Gasteiger partial charge in [0.25, 0.3) is 5.91 Å². The smallest absolute Gasteiger partial charge is 0.339 e. The first-order valence-corrected chi connectivity index (χ1v) is 8.50. The fourth-order valence-corrected chi connectivity index (χ4v) is 5.12. The highest BCUT2D eigenvalue weighted by molar-refractivity contribution is 7.20. The Bertz CT molecular complexity index is 751. The maximum Gasteiger partial charge on any atom is 0.339 e. The number of carbonyl (C=O) groups excluding carboxylic acids is 1. The number of carboxylic acids is 1. The van der Waals surface area contributed by atoms with Gasteiger partial charge in [0.05, 0.1) is 15.5 Å². The van der Waals surface area contributed by atoms with E-state index in [1.165, 1.54) is 17.4 Å². The Balaban J connectivity index is 1.94. The summed E-state index contributed by atoms with van der Waals surface area (Å²) < 4.78 is 0.704. The molecule has 2 heterocycles. The summed E-state index contributed by atoms with van der Waals surface area (Å²) >= 11 is 14.2. The predicted octanol–water partition coefficient (Wildman–Crippen LogP) is 4.56. The van der Waals surface area contributed by atoms with Crippen molar-refractivity contribution >= 4 is 62.8 Å². The predicted molar refractivity (Wildman–Crippen MR) is 85.6 cm³/mol. The minimum absolute atomic E-state index is 0.207. The van der Waals surface area contributed by atoms with Crippen LogP contribution in [0.3, 0.4) is 0 Å². The van der Waals surface area contributed by atoms with E-state index in [1.54, 1.807) is 0 Å². The van der Waals surface area contributed by atoms with E-state index in [2.05, 4.69) is 5.32 Å². The molecule has 0 radical (unpaired) electrons. The van der Waals surface area contributed by atoms with Gasteiger partial charge in [0.15, 0.2) is 0 Å². The number of thiophene rings is 2. The van der Waals surface area contributed by atoms with Gasteiger partial charge in [-0.3, -0.25) is 4.79 Å². The molecule has 3 rings (SSSR count). The molecule has 2 aromatic rings. The second-order valence-corrected chi connectivity index (χ2v) is 7.95. The summed E-state index contributed by atoms with van der Waals surface area (Å²) in [5.74, 6) is -1.45. The summed E-state index contributed by atoms with van der Waals surface area (Å²) in [7, 11) is 0. The summed E-state index contributed by atoms with van der Waals surface area (Å²) in [5.41, 5.74) is 1.31. The third-order valence-electron chi connectivity index (χ3n) is 3.26. The third kappa shape index (κ3) is 2.68. The molecule has 2 N–H and O–H groups in total. The number of carbonyl (C=O) groups is 2. The highest BCUT2D eigenvalue weighted by atomic mass is 35.5. The fourth-order valence-electron chi connectivity index (χ4n) is 2.38. The lowest BCUT2D eigenvalue weighted by Gasteiger charge is -2.04. The van der Waals surface area contributed by atoms with E-state index >= 15 is 0 Å². The zero-order chi connectivity index (χ0) is 15.1. The quantitative estimate of drug-likeness (QED) is 0.842. The van der Waals surface area contributed by atoms with Gasteiger partial charge in [-0.15, -0.1) is 22.7 Å². The highest BCUT2D eigenvalue weighted by Gasteiger charge is 2.27. The average molecular weight is 362 g/mol. The van der Waals surface area contributed by atoms with E-state index in [0.717, 1.165) is 41.0 Å². The lowest BCUT2D eigenvalue weighted by Crippen LogP contribution is -2.13. The second-order valence-electron chi connectivity index (χ2n) is 4.56. The van der Waals surface area contributed by atoms with Crippen molar-refractivity contribution in [1.29, 1.82) is 0 Å². The lowest BCUT2D eigenvalue weighted by molar-refractivity contribution is 0.0697. The molecule has 110 valence electrons. The number of amides is 1. The van der Waals surface area contributed by atoms with Gasteiger partial charge < -0.3 is 10.4 Å². The Hall–Kier alpha value is -1.08. The van der Waals surface area contributed by atoms with Crippen LogP contribution in [0.2, 0.25) is 8.67 Å². The molecule has 0 fully saturated rings. The summed E-state index contributed by atoms with van der Waals surface area (Å²) in [6.07, 6.45) is 2.57. The Morgan fingerprint density at radius 3 is 2.62 bits per heavy atom. The van der Waals surface area contributed by atoms with Crippen LogP contribution in [0.15, 0.2) is 6.07 Å². The van der Waals surface area contributed by atoms with Crippen molar-refractivity contribution in [3.63, 3.8) is 0 Å². The van der Waals surface area contributed by atoms with Gasteiger partial charge in [0.1, 0.15) is 9.34 Å². The summed E-state index contributed by atoms with van der Waals surface area (Å²) in [4.78, 5) is 24.7. The monoisotopic (exact) mass is 361 g/mol. The molecule has 0 unspecified atom stereocenters. The first kappa shape index (κ1) is 14.8. The van der Waals surface area contributed by atoms with Crippen LogP contribution in [-0.4, -0.2) is 17.0 Å². The van der Waals surface area contributed by atoms with Crippen LogP contribution < -0.4 is 5.32 Å². The van der Waals surface area contributed by atoms with Crippen LogP contribution in [-0.2, 0) is 12.8 Å². The number of aryl methyl sites for hydroxylation is 1. The van der Waals surface area contributed by atoms with E-state index in [4.69, 9.17) is 23.2 Å². The van der Waals surface area contributed by atoms with Gasteiger partial charge in [0.2, 0.25) is 0 Å². The maximum absolute atomic E-state index is 12.2. The number of hydrogen-bond acceptors (Lipinski definition) is 4. The third-order valence-corrected chi connectivity index (χ3v) is 5.96. The molecule has 0 saturated carbocycles. The van der Waals surface area contributed by atoms with Crippen LogP contribution in [0.25, 0.3) is 0 Å². The van der Waals surface area contributed by atoms with Crippen molar-refractivity contribution in [2.75, 3.05) is 5.32 Å². The number of carboxylic acid groups (broad SMARTS) is 1. The largest absolute Gasteiger partial charge is 0.478 e. The van der Waals surface area contributed by atoms with E-state index in [-0.39, 0.29) is 11.1 Å². The van der Waals surface area contributed by atoms with E-state index in [0.29, 0.717) is 13.7 Å². The molecule has 21 heavy (non-hydrogen) atoms. The topological polar surface area (TPSA) is 66.4 Å². The first-order valence-electron chi connectivity index (χ1n) is 6.11. The van der Waals surface area contributed by atoms with E-state index < -0.39 is 11.9 Å².